The first kappa shape index (κ1) is 14.8. The second-order valence-electron chi connectivity index (χ2n) is 4.94. The number of benzene rings is 1. The van der Waals surface area contributed by atoms with Gasteiger partial charge in [0.05, 0.1) is 12.6 Å². The summed E-state index contributed by atoms with van der Waals surface area (Å²) in [6.07, 6.45) is -1.30. The third-order valence-corrected chi connectivity index (χ3v) is 3.49. The standard InChI is InChI=1S/C14H16ClNO4/c1-8-3-4-10(15)5-11(8)13(17)16-6-9(2)20-12(7-16)14(18)19/h3-5,9,12H,6-7H2,1-2H3,(H,18,19)/t9-,12?/m1/s1. The minimum atomic E-state index is -1.06. The third kappa shape index (κ3) is 3.11. The van der Waals surface area contributed by atoms with E-state index in [0.29, 0.717) is 17.1 Å². The van der Waals surface area contributed by atoms with E-state index in [2.05, 4.69) is 0 Å². The topological polar surface area (TPSA) is 66.8 Å². The van der Waals surface area contributed by atoms with Gasteiger partial charge >= 0.3 is 5.97 Å². The van der Waals surface area contributed by atoms with Gasteiger partial charge in [0.15, 0.2) is 6.10 Å². The molecular weight excluding hydrogens is 282 g/mol. The Morgan fingerprint density at radius 3 is 2.75 bits per heavy atom. The van der Waals surface area contributed by atoms with Crippen LogP contribution < -0.4 is 0 Å². The molecule has 20 heavy (non-hydrogen) atoms. The summed E-state index contributed by atoms with van der Waals surface area (Å²) in [6.45, 7) is 3.99. The molecule has 2 atom stereocenters. The fourth-order valence-electron chi connectivity index (χ4n) is 2.25. The predicted octanol–water partition coefficient (Wildman–Crippen LogP) is 1.96. The van der Waals surface area contributed by atoms with Crippen LogP contribution in [0.25, 0.3) is 0 Å². The van der Waals surface area contributed by atoms with Crippen LogP contribution in [0.1, 0.15) is 22.8 Å². The molecule has 0 aromatic heterocycles. The Morgan fingerprint density at radius 2 is 2.10 bits per heavy atom. The van der Waals surface area contributed by atoms with Crippen LogP contribution >= 0.6 is 11.6 Å². The number of ether oxygens (including phenoxy) is 1. The Kier molecular flexibility index (Phi) is 4.30. The van der Waals surface area contributed by atoms with Crippen molar-refractivity contribution < 1.29 is 19.4 Å². The minimum absolute atomic E-state index is 0.0461. The van der Waals surface area contributed by atoms with Crippen LogP contribution in [0.5, 0.6) is 0 Å². The van der Waals surface area contributed by atoms with Gasteiger partial charge in [-0.15, -0.1) is 0 Å². The molecule has 1 fully saturated rings. The van der Waals surface area contributed by atoms with Crippen molar-refractivity contribution in [1.82, 2.24) is 4.90 Å². The van der Waals surface area contributed by atoms with Gasteiger partial charge in [-0.3, -0.25) is 4.79 Å². The van der Waals surface area contributed by atoms with Gasteiger partial charge in [0.25, 0.3) is 5.91 Å². The summed E-state index contributed by atoms with van der Waals surface area (Å²) in [5, 5.41) is 9.52. The normalized spacial score (nSPS) is 22.6. The van der Waals surface area contributed by atoms with Gasteiger partial charge in [0, 0.05) is 17.1 Å². The van der Waals surface area contributed by atoms with Crippen molar-refractivity contribution in [2.45, 2.75) is 26.1 Å². The molecule has 0 aliphatic carbocycles. The lowest BCUT2D eigenvalue weighted by Crippen LogP contribution is -2.51. The number of aliphatic carboxylic acids is 1. The average molecular weight is 298 g/mol. The lowest BCUT2D eigenvalue weighted by molar-refractivity contribution is -0.160. The van der Waals surface area contributed by atoms with Crippen molar-refractivity contribution >= 4 is 23.5 Å². The fourth-order valence-corrected chi connectivity index (χ4v) is 2.42. The number of amides is 1. The van der Waals surface area contributed by atoms with E-state index in [4.69, 9.17) is 21.4 Å². The number of halogens is 1. The molecule has 5 nitrogen and oxygen atoms in total. The molecule has 1 amide bonds. The van der Waals surface area contributed by atoms with Crippen molar-refractivity contribution in [2.75, 3.05) is 13.1 Å². The first-order valence-corrected chi connectivity index (χ1v) is 6.70. The number of carbonyl (C=O) groups excluding carboxylic acids is 1. The van der Waals surface area contributed by atoms with Gasteiger partial charge in [-0.25, -0.2) is 4.79 Å². The molecule has 108 valence electrons. The SMILES string of the molecule is Cc1ccc(Cl)cc1C(=O)N1CC(C(=O)O)O[C@H](C)C1. The molecule has 0 saturated carbocycles. The number of carbonyl (C=O) groups is 2. The molecule has 1 saturated heterocycles. The first-order chi connectivity index (χ1) is 9.38. The van der Waals surface area contributed by atoms with Crippen LogP contribution in [0.4, 0.5) is 0 Å². The highest BCUT2D eigenvalue weighted by Crippen LogP contribution is 2.20. The van der Waals surface area contributed by atoms with Crippen molar-refractivity contribution in [3.8, 4) is 0 Å². The Bertz CT molecular complexity index is 546. The summed E-state index contributed by atoms with van der Waals surface area (Å²) < 4.78 is 5.30. The maximum absolute atomic E-state index is 12.5. The molecular formula is C14H16ClNO4. The summed E-state index contributed by atoms with van der Waals surface area (Å²) in [5.74, 6) is -1.27. The van der Waals surface area contributed by atoms with Gasteiger partial charge in [-0.05, 0) is 31.5 Å². The molecule has 6 heteroatoms. The molecule has 1 aromatic rings. The molecule has 1 aliphatic heterocycles. The van der Waals surface area contributed by atoms with Crippen molar-refractivity contribution in [1.29, 1.82) is 0 Å². The maximum atomic E-state index is 12.5. The van der Waals surface area contributed by atoms with Gasteiger partial charge in [-0.1, -0.05) is 17.7 Å². The van der Waals surface area contributed by atoms with E-state index in [9.17, 15) is 9.59 Å². The Balaban J connectivity index is 2.23. The molecule has 0 radical (unpaired) electrons. The average Bonchev–Trinajstić information content (AvgIpc) is 2.40. The van der Waals surface area contributed by atoms with E-state index in [1.165, 1.54) is 4.90 Å². The molecule has 1 aliphatic rings. The molecule has 2 rings (SSSR count). The number of aryl methyl sites for hydroxylation is 1. The number of hydrogen-bond donors (Lipinski definition) is 1. The Hall–Kier alpha value is -1.59. The van der Waals surface area contributed by atoms with E-state index >= 15 is 0 Å². The molecule has 0 bridgehead atoms. The van der Waals surface area contributed by atoms with E-state index < -0.39 is 12.1 Å². The van der Waals surface area contributed by atoms with E-state index in [0.717, 1.165) is 5.56 Å². The zero-order chi connectivity index (χ0) is 14.9. The van der Waals surface area contributed by atoms with E-state index in [1.54, 1.807) is 25.1 Å². The van der Waals surface area contributed by atoms with Crippen molar-refractivity contribution in [3.05, 3.63) is 34.3 Å². The zero-order valence-electron chi connectivity index (χ0n) is 11.3. The first-order valence-electron chi connectivity index (χ1n) is 6.32. The van der Waals surface area contributed by atoms with Crippen molar-refractivity contribution in [3.63, 3.8) is 0 Å². The summed E-state index contributed by atoms with van der Waals surface area (Å²) in [6, 6.07) is 5.10. The maximum Gasteiger partial charge on any atom is 0.334 e. The predicted molar refractivity (Wildman–Crippen MR) is 74.1 cm³/mol. The van der Waals surface area contributed by atoms with Crippen LogP contribution in [-0.4, -0.2) is 47.2 Å². The van der Waals surface area contributed by atoms with Crippen LogP contribution in [0.2, 0.25) is 5.02 Å². The van der Waals surface area contributed by atoms with E-state index in [-0.39, 0.29) is 18.6 Å². The van der Waals surface area contributed by atoms with Gasteiger partial charge in [-0.2, -0.15) is 0 Å². The van der Waals surface area contributed by atoms with Crippen LogP contribution in [0.15, 0.2) is 18.2 Å². The monoisotopic (exact) mass is 297 g/mol. The van der Waals surface area contributed by atoms with Gasteiger partial charge < -0.3 is 14.7 Å². The number of hydrogen-bond acceptors (Lipinski definition) is 3. The quantitative estimate of drug-likeness (QED) is 0.906. The van der Waals surface area contributed by atoms with Gasteiger partial charge in [0.2, 0.25) is 0 Å². The van der Waals surface area contributed by atoms with Crippen molar-refractivity contribution in [2.24, 2.45) is 0 Å². The molecule has 0 spiro atoms. The lowest BCUT2D eigenvalue weighted by Gasteiger charge is -2.35. The van der Waals surface area contributed by atoms with Gasteiger partial charge in [0.1, 0.15) is 0 Å². The zero-order valence-corrected chi connectivity index (χ0v) is 12.1. The second-order valence-corrected chi connectivity index (χ2v) is 5.38. The molecule has 1 aromatic carbocycles. The lowest BCUT2D eigenvalue weighted by atomic mass is 10.1. The molecule has 1 N–H and O–H groups in total. The highest BCUT2D eigenvalue weighted by atomic mass is 35.5. The summed E-state index contributed by atoms with van der Waals surface area (Å²) in [4.78, 5) is 25.1. The Morgan fingerprint density at radius 1 is 1.40 bits per heavy atom. The van der Waals surface area contributed by atoms with E-state index in [1.807, 2.05) is 6.92 Å². The number of nitrogens with zero attached hydrogens (tertiary/aromatic N) is 1. The number of carboxylic acid groups (broad SMARTS) is 1. The van der Waals surface area contributed by atoms with Crippen LogP contribution in [0, 0.1) is 6.92 Å². The summed E-state index contributed by atoms with van der Waals surface area (Å²) in [5.41, 5.74) is 1.31. The molecule has 1 unspecified atom stereocenters. The fraction of sp³-hybridized carbons (Fsp3) is 0.429. The smallest absolute Gasteiger partial charge is 0.334 e. The largest absolute Gasteiger partial charge is 0.479 e. The highest BCUT2D eigenvalue weighted by Gasteiger charge is 2.33. The molecule has 1 heterocycles. The number of carboxylic acids is 1. The van der Waals surface area contributed by atoms with Crippen LogP contribution in [-0.2, 0) is 9.53 Å². The van der Waals surface area contributed by atoms with Crippen LogP contribution in [0.3, 0.4) is 0 Å². The summed E-state index contributed by atoms with van der Waals surface area (Å²) in [7, 11) is 0. The number of rotatable bonds is 2. The minimum Gasteiger partial charge on any atom is -0.479 e. The summed E-state index contributed by atoms with van der Waals surface area (Å²) >= 11 is 5.92. The third-order valence-electron chi connectivity index (χ3n) is 3.25. The number of morpholine rings is 1. The highest BCUT2D eigenvalue weighted by molar-refractivity contribution is 6.31. The second kappa shape index (κ2) is 5.81. The Labute approximate surface area is 122 Å².